The van der Waals surface area contributed by atoms with E-state index in [9.17, 15) is 0 Å². The SMILES string of the molecule is CC(C)([N-]C(C)(C)c1ccccc1)c1ccccc1.CC(C)([N-]C(C)(C)c1ccccc1)c1ccccc1.CC(C)([N-]C(C)(C)c1ccccc1)c1ccccc1.[Y+3]. The van der Waals surface area contributed by atoms with E-state index in [0.717, 1.165) is 0 Å². The molecule has 0 unspecified atom stereocenters. The van der Waals surface area contributed by atoms with Crippen molar-refractivity contribution in [2.75, 3.05) is 0 Å². The molecule has 300 valence electrons. The van der Waals surface area contributed by atoms with Gasteiger partial charge >= 0.3 is 32.7 Å². The van der Waals surface area contributed by atoms with E-state index in [4.69, 9.17) is 16.0 Å². The van der Waals surface area contributed by atoms with E-state index in [1.807, 2.05) is 36.4 Å². The van der Waals surface area contributed by atoms with Gasteiger partial charge in [0.05, 0.1) is 0 Å². The number of hydrogen-bond acceptors (Lipinski definition) is 0. The van der Waals surface area contributed by atoms with Gasteiger partial charge in [0.25, 0.3) is 0 Å². The summed E-state index contributed by atoms with van der Waals surface area (Å²) in [6.07, 6.45) is 0. The Morgan fingerprint density at radius 1 is 0.207 bits per heavy atom. The molecule has 0 N–H and O–H groups in total. The third-order valence-electron chi connectivity index (χ3n) is 10.6. The second-order valence-corrected chi connectivity index (χ2v) is 17.9. The third kappa shape index (κ3) is 14.2. The molecule has 58 heavy (non-hydrogen) atoms. The first-order valence-corrected chi connectivity index (χ1v) is 20.3. The molecule has 0 amide bonds. The minimum Gasteiger partial charge on any atom is -0.644 e. The Kier molecular flexibility index (Phi) is 17.6. The van der Waals surface area contributed by atoms with Crippen LogP contribution in [0.15, 0.2) is 182 Å². The van der Waals surface area contributed by atoms with Gasteiger partial charge < -0.3 is 16.0 Å². The number of hydrogen-bond donors (Lipinski definition) is 0. The molecule has 0 spiro atoms. The fraction of sp³-hybridized carbons (Fsp3) is 0.333. The summed E-state index contributed by atoms with van der Waals surface area (Å²) in [7, 11) is 0. The summed E-state index contributed by atoms with van der Waals surface area (Å²) >= 11 is 0. The van der Waals surface area contributed by atoms with Gasteiger partial charge in [0.1, 0.15) is 0 Å². The average Bonchev–Trinajstić information content (AvgIpc) is 3.19. The molecule has 0 aliphatic heterocycles. The van der Waals surface area contributed by atoms with Crippen LogP contribution in [0, 0.1) is 0 Å². The summed E-state index contributed by atoms with van der Waals surface area (Å²) in [4.78, 5) is 0. The summed E-state index contributed by atoms with van der Waals surface area (Å²) in [6.45, 7) is 26.1. The smallest absolute Gasteiger partial charge is 0.644 e. The molecule has 0 radical (unpaired) electrons. The van der Waals surface area contributed by atoms with Gasteiger partial charge in [-0.25, -0.2) is 0 Å². The van der Waals surface area contributed by atoms with Crippen molar-refractivity contribution in [1.29, 1.82) is 0 Å². The largest absolute Gasteiger partial charge is 3.00 e. The Morgan fingerprint density at radius 3 is 0.414 bits per heavy atom. The summed E-state index contributed by atoms with van der Waals surface area (Å²) in [5, 5.41) is 15.2. The second kappa shape index (κ2) is 21.0. The maximum atomic E-state index is 5.08. The van der Waals surface area contributed by atoms with Gasteiger partial charge in [0.15, 0.2) is 0 Å². The van der Waals surface area contributed by atoms with E-state index >= 15 is 0 Å². The minimum absolute atomic E-state index is 0. The van der Waals surface area contributed by atoms with Gasteiger partial charge in [-0.1, -0.05) is 298 Å². The number of rotatable bonds is 12. The van der Waals surface area contributed by atoms with Crippen molar-refractivity contribution in [1.82, 2.24) is 0 Å². The normalized spacial score (nSPS) is 12.2. The van der Waals surface area contributed by atoms with E-state index in [1.165, 1.54) is 33.4 Å². The van der Waals surface area contributed by atoms with Crippen molar-refractivity contribution in [2.45, 2.75) is 116 Å². The van der Waals surface area contributed by atoms with E-state index in [0.29, 0.717) is 0 Å². The first-order chi connectivity index (χ1) is 26.8. The second-order valence-electron chi connectivity index (χ2n) is 17.9. The van der Waals surface area contributed by atoms with Gasteiger partial charge in [0.2, 0.25) is 0 Å². The number of nitrogens with zero attached hydrogens (tertiary/aromatic N) is 3. The topological polar surface area (TPSA) is 42.3 Å². The molecule has 0 saturated carbocycles. The monoisotopic (exact) mass is 845 g/mol. The Bertz CT molecular complexity index is 1630. The Labute approximate surface area is 377 Å². The van der Waals surface area contributed by atoms with E-state index < -0.39 is 0 Å². The fourth-order valence-electron chi connectivity index (χ4n) is 7.56. The van der Waals surface area contributed by atoms with Gasteiger partial charge in [0, 0.05) is 0 Å². The molecule has 6 aromatic carbocycles. The molecule has 0 fully saturated rings. The van der Waals surface area contributed by atoms with Crippen molar-refractivity contribution >= 4 is 0 Å². The van der Waals surface area contributed by atoms with Crippen LogP contribution < -0.4 is 0 Å². The van der Waals surface area contributed by atoms with Crippen LogP contribution in [-0.2, 0) is 65.9 Å². The molecule has 0 aliphatic carbocycles. The Hall–Kier alpha value is -3.70. The first-order valence-electron chi connectivity index (χ1n) is 20.3. The van der Waals surface area contributed by atoms with Crippen molar-refractivity contribution < 1.29 is 32.7 Å². The molecule has 0 bridgehead atoms. The van der Waals surface area contributed by atoms with Crippen LogP contribution in [0.5, 0.6) is 0 Å². The minimum atomic E-state index is -0.194. The standard InChI is InChI=1S/3C18H22N.Y/c3*1-17(2,15-11-7-5-8-12-15)19-18(3,4)16-13-9-6-10-14-16;/h3*5-14H,1-4H3;/q3*-1;+3. The van der Waals surface area contributed by atoms with Crippen molar-refractivity contribution in [3.8, 4) is 0 Å². The molecule has 0 atom stereocenters. The van der Waals surface area contributed by atoms with Gasteiger partial charge in [-0.05, 0) is 0 Å². The van der Waals surface area contributed by atoms with Crippen molar-refractivity contribution in [3.05, 3.63) is 231 Å². The average molecular weight is 846 g/mol. The van der Waals surface area contributed by atoms with E-state index in [2.05, 4.69) is 229 Å². The molecule has 6 rings (SSSR count). The Morgan fingerprint density at radius 2 is 0.310 bits per heavy atom. The van der Waals surface area contributed by atoms with Crippen LogP contribution in [0.2, 0.25) is 0 Å². The molecule has 0 heterocycles. The maximum Gasteiger partial charge on any atom is 3.00 e. The predicted octanol–water partition coefficient (Wildman–Crippen LogP) is 15.7. The van der Waals surface area contributed by atoms with Crippen LogP contribution in [0.25, 0.3) is 16.0 Å². The molecule has 0 aliphatic rings. The van der Waals surface area contributed by atoms with Crippen molar-refractivity contribution in [2.24, 2.45) is 0 Å². The van der Waals surface area contributed by atoms with Crippen LogP contribution in [-0.4, -0.2) is 0 Å². The van der Waals surface area contributed by atoms with Crippen LogP contribution in [0.4, 0.5) is 0 Å². The maximum absolute atomic E-state index is 5.08. The van der Waals surface area contributed by atoms with Crippen molar-refractivity contribution in [3.63, 3.8) is 0 Å². The quantitative estimate of drug-likeness (QED) is 0.118. The number of benzene rings is 6. The molecular weight excluding hydrogens is 780 g/mol. The molecule has 4 heteroatoms. The zero-order chi connectivity index (χ0) is 41.8. The summed E-state index contributed by atoms with van der Waals surface area (Å²) < 4.78 is 0. The van der Waals surface area contributed by atoms with Crippen LogP contribution in [0.1, 0.15) is 116 Å². The third-order valence-corrected chi connectivity index (χ3v) is 10.6. The van der Waals surface area contributed by atoms with Gasteiger partial charge in [-0.3, -0.25) is 0 Å². The summed E-state index contributed by atoms with van der Waals surface area (Å²) in [5.74, 6) is 0. The summed E-state index contributed by atoms with van der Waals surface area (Å²) in [6, 6.07) is 62.8. The van der Waals surface area contributed by atoms with Gasteiger partial charge in [-0.15, -0.1) is 33.2 Å². The van der Waals surface area contributed by atoms with Gasteiger partial charge in [-0.2, -0.15) is 0 Å². The zero-order valence-electron chi connectivity index (χ0n) is 37.2. The molecule has 0 saturated heterocycles. The molecule has 3 nitrogen and oxygen atoms in total. The molecule has 6 aromatic rings. The van der Waals surface area contributed by atoms with E-state index in [1.54, 1.807) is 0 Å². The molecule has 0 aromatic heterocycles. The Balaban J connectivity index is 0.000000231. The predicted molar refractivity (Wildman–Crippen MR) is 247 cm³/mol. The fourth-order valence-corrected chi connectivity index (χ4v) is 7.56. The first kappa shape index (κ1) is 48.7. The van der Waals surface area contributed by atoms with Crippen LogP contribution >= 0.6 is 0 Å². The zero-order valence-corrected chi connectivity index (χ0v) is 40.1. The summed E-state index contributed by atoms with van der Waals surface area (Å²) in [5.41, 5.74) is 6.33. The van der Waals surface area contributed by atoms with Crippen LogP contribution in [0.3, 0.4) is 0 Å². The molecular formula is C54H66N3Y. The van der Waals surface area contributed by atoms with E-state index in [-0.39, 0.29) is 65.9 Å².